The second kappa shape index (κ2) is 4.55. The molecule has 0 fully saturated rings. The van der Waals surface area contributed by atoms with Crippen LogP contribution in [0.25, 0.3) is 0 Å². The largest absolute Gasteiger partial charge is 0.311 e. The number of aryl methyl sites for hydroxylation is 1. The number of carbonyl (C=O) groups excluding carboxylic acids is 2. The molecule has 6 heteroatoms. The number of nitrogens with one attached hydrogen (secondary N) is 2. The van der Waals surface area contributed by atoms with E-state index in [4.69, 9.17) is 0 Å². The van der Waals surface area contributed by atoms with Crippen molar-refractivity contribution in [3.63, 3.8) is 0 Å². The zero-order chi connectivity index (χ0) is 16.2. The summed E-state index contributed by atoms with van der Waals surface area (Å²) in [4.78, 5) is 27.2. The summed E-state index contributed by atoms with van der Waals surface area (Å²) in [6, 6.07) is 5.90. The Kier molecular flexibility index (Phi) is 2.72. The number of aromatic nitrogens is 2. The van der Waals surface area contributed by atoms with Crippen LogP contribution >= 0.6 is 0 Å². The molecule has 0 saturated carbocycles. The molecule has 1 aromatic heterocycles. The first-order valence-electron chi connectivity index (χ1n) is 7.45. The average molecular weight is 308 g/mol. The minimum Gasteiger partial charge on any atom is -0.311 e. The van der Waals surface area contributed by atoms with Crippen LogP contribution in [0.5, 0.6) is 0 Å². The van der Waals surface area contributed by atoms with Crippen LogP contribution in [0.3, 0.4) is 0 Å². The molecule has 3 heterocycles. The van der Waals surface area contributed by atoms with E-state index in [-0.39, 0.29) is 18.2 Å². The van der Waals surface area contributed by atoms with Gasteiger partial charge in [0.1, 0.15) is 11.2 Å². The first kappa shape index (κ1) is 13.8. The normalized spacial score (nSPS) is 22.0. The molecule has 23 heavy (non-hydrogen) atoms. The van der Waals surface area contributed by atoms with Gasteiger partial charge >= 0.3 is 0 Å². The van der Waals surface area contributed by atoms with Gasteiger partial charge in [-0.2, -0.15) is 5.10 Å². The molecule has 2 aliphatic heterocycles. The Morgan fingerprint density at radius 2 is 2.22 bits per heavy atom. The second-order valence-corrected chi connectivity index (χ2v) is 6.01. The van der Waals surface area contributed by atoms with Crippen LogP contribution in [0.1, 0.15) is 23.1 Å². The Balaban J connectivity index is 2.04. The first-order chi connectivity index (χ1) is 11.1. The summed E-state index contributed by atoms with van der Waals surface area (Å²) in [6.45, 7) is 6.13. The zero-order valence-corrected chi connectivity index (χ0v) is 12.7. The number of hydrogen-bond acceptors (Lipinski definition) is 3. The Bertz CT molecular complexity index is 854. The highest BCUT2D eigenvalue weighted by molar-refractivity contribution is 6.15. The Labute approximate surface area is 133 Å². The molecular formula is C17H16N4O2. The number of H-pyrrole nitrogens is 1. The monoisotopic (exact) mass is 308 g/mol. The third-order valence-corrected chi connectivity index (χ3v) is 4.61. The molecule has 2 amide bonds. The summed E-state index contributed by atoms with van der Waals surface area (Å²) in [5.41, 5.74) is 2.46. The maximum atomic E-state index is 13.3. The molecule has 0 bridgehead atoms. The summed E-state index contributed by atoms with van der Waals surface area (Å²) < 4.78 is 0. The van der Waals surface area contributed by atoms with Crippen molar-refractivity contribution in [3.8, 4) is 0 Å². The van der Waals surface area contributed by atoms with E-state index in [1.165, 1.54) is 0 Å². The van der Waals surface area contributed by atoms with Gasteiger partial charge in [0, 0.05) is 24.2 Å². The lowest BCUT2D eigenvalue weighted by Gasteiger charge is -2.31. The molecule has 1 atom stereocenters. The van der Waals surface area contributed by atoms with Gasteiger partial charge in [-0.3, -0.25) is 14.7 Å². The Morgan fingerprint density at radius 1 is 1.39 bits per heavy atom. The lowest BCUT2D eigenvalue weighted by Crippen LogP contribution is -2.46. The van der Waals surface area contributed by atoms with Gasteiger partial charge in [0.25, 0.3) is 0 Å². The molecule has 4 rings (SSSR count). The van der Waals surface area contributed by atoms with Crippen molar-refractivity contribution in [1.82, 2.24) is 10.2 Å². The third-order valence-electron chi connectivity index (χ3n) is 4.61. The number of hydrogen-bond donors (Lipinski definition) is 2. The molecule has 1 unspecified atom stereocenters. The van der Waals surface area contributed by atoms with E-state index in [2.05, 4.69) is 22.1 Å². The van der Waals surface area contributed by atoms with Crippen LogP contribution < -0.4 is 10.2 Å². The molecule has 1 aromatic carbocycles. The number of fused-ring (bicyclic) bond motifs is 4. The highest BCUT2D eigenvalue weighted by Gasteiger charge is 2.56. The number of rotatable bonds is 2. The molecule has 2 N–H and O–H groups in total. The first-order valence-corrected chi connectivity index (χ1v) is 7.45. The fraction of sp³-hybridized carbons (Fsp3) is 0.235. The maximum absolute atomic E-state index is 13.3. The minimum absolute atomic E-state index is 0.0858. The number of carbonyl (C=O) groups is 2. The number of nitrogens with zero attached hydrogens (tertiary/aromatic N) is 2. The molecule has 1 spiro atoms. The Morgan fingerprint density at radius 3 is 3.00 bits per heavy atom. The lowest BCUT2D eigenvalue weighted by molar-refractivity contribution is -0.126. The van der Waals surface area contributed by atoms with Crippen molar-refractivity contribution in [1.29, 1.82) is 0 Å². The van der Waals surface area contributed by atoms with Crippen molar-refractivity contribution in [2.45, 2.75) is 18.8 Å². The van der Waals surface area contributed by atoms with Crippen molar-refractivity contribution in [2.75, 3.05) is 16.8 Å². The van der Waals surface area contributed by atoms with Crippen LogP contribution in [0.2, 0.25) is 0 Å². The lowest BCUT2D eigenvalue weighted by atomic mass is 9.71. The third kappa shape index (κ3) is 1.66. The van der Waals surface area contributed by atoms with Crippen LogP contribution in [-0.4, -0.2) is 28.6 Å². The molecular weight excluding hydrogens is 292 g/mol. The maximum Gasteiger partial charge on any atom is 0.243 e. The van der Waals surface area contributed by atoms with E-state index >= 15 is 0 Å². The molecule has 116 valence electrons. The van der Waals surface area contributed by atoms with Crippen LogP contribution in [0.15, 0.2) is 37.1 Å². The zero-order valence-electron chi connectivity index (χ0n) is 12.7. The van der Waals surface area contributed by atoms with E-state index in [1.54, 1.807) is 17.2 Å². The average Bonchev–Trinajstić information content (AvgIpc) is 3.06. The minimum atomic E-state index is -1.00. The molecule has 0 saturated heterocycles. The molecule has 2 aromatic rings. The number of amides is 2. The SMILES string of the molecule is C=CCN1C(=O)C2(CC(=O)Nc3[nH]ncc32)c2cc(C)ccc21. The van der Waals surface area contributed by atoms with E-state index in [0.29, 0.717) is 12.4 Å². The fourth-order valence-electron chi connectivity index (χ4n) is 3.65. The van der Waals surface area contributed by atoms with Crippen LogP contribution in [0, 0.1) is 6.92 Å². The van der Waals surface area contributed by atoms with Gasteiger partial charge in [-0.15, -0.1) is 6.58 Å². The van der Waals surface area contributed by atoms with Gasteiger partial charge in [0.05, 0.1) is 6.20 Å². The van der Waals surface area contributed by atoms with Gasteiger partial charge < -0.3 is 10.2 Å². The van der Waals surface area contributed by atoms with E-state index in [0.717, 1.165) is 22.4 Å². The molecule has 6 nitrogen and oxygen atoms in total. The van der Waals surface area contributed by atoms with E-state index < -0.39 is 5.41 Å². The van der Waals surface area contributed by atoms with Gasteiger partial charge in [0.15, 0.2) is 0 Å². The van der Waals surface area contributed by atoms with Crippen LogP contribution in [0.4, 0.5) is 11.5 Å². The van der Waals surface area contributed by atoms with Gasteiger partial charge in [0.2, 0.25) is 11.8 Å². The predicted octanol–water partition coefficient (Wildman–Crippen LogP) is 1.88. The van der Waals surface area contributed by atoms with Crippen molar-refractivity contribution >= 4 is 23.3 Å². The highest BCUT2D eigenvalue weighted by Crippen LogP contribution is 2.51. The summed E-state index contributed by atoms with van der Waals surface area (Å²) in [7, 11) is 0. The second-order valence-electron chi connectivity index (χ2n) is 6.01. The predicted molar refractivity (Wildman–Crippen MR) is 86.3 cm³/mol. The highest BCUT2D eigenvalue weighted by atomic mass is 16.2. The summed E-state index contributed by atoms with van der Waals surface area (Å²) >= 11 is 0. The smallest absolute Gasteiger partial charge is 0.243 e. The van der Waals surface area contributed by atoms with Gasteiger partial charge in [-0.25, -0.2) is 0 Å². The quantitative estimate of drug-likeness (QED) is 0.832. The molecule has 0 radical (unpaired) electrons. The number of anilines is 2. The summed E-state index contributed by atoms with van der Waals surface area (Å²) in [5, 5.41) is 9.56. The van der Waals surface area contributed by atoms with Crippen molar-refractivity contribution in [2.24, 2.45) is 0 Å². The topological polar surface area (TPSA) is 78.1 Å². The molecule has 0 aliphatic carbocycles. The Hall–Kier alpha value is -2.89. The van der Waals surface area contributed by atoms with Gasteiger partial charge in [-0.05, 0) is 18.6 Å². The fourth-order valence-corrected chi connectivity index (χ4v) is 3.65. The van der Waals surface area contributed by atoms with Crippen molar-refractivity contribution < 1.29 is 9.59 Å². The van der Waals surface area contributed by atoms with Gasteiger partial charge in [-0.1, -0.05) is 23.8 Å². The number of aromatic amines is 1. The van der Waals surface area contributed by atoms with Crippen molar-refractivity contribution in [3.05, 3.63) is 53.7 Å². The summed E-state index contributed by atoms with van der Waals surface area (Å²) in [5.74, 6) is 0.209. The van der Waals surface area contributed by atoms with E-state index in [9.17, 15) is 9.59 Å². The van der Waals surface area contributed by atoms with Crippen LogP contribution in [-0.2, 0) is 15.0 Å². The van der Waals surface area contributed by atoms with E-state index in [1.807, 2.05) is 25.1 Å². The number of benzene rings is 1. The summed E-state index contributed by atoms with van der Waals surface area (Å²) in [6.07, 6.45) is 3.42. The standard InChI is InChI=1S/C17H16N4O2/c1-3-6-21-13-5-4-10(2)7-11(13)17(16(21)23)8-14(22)19-15-12(17)9-18-20-15/h3-5,7,9H,1,6,8H2,2H3,(H2,18,19,20,22). The molecule has 2 aliphatic rings.